The number of benzene rings is 2. The molecule has 0 aromatic heterocycles. The molecule has 0 atom stereocenters. The molecular weight excluding hydrogens is 372 g/mol. The van der Waals surface area contributed by atoms with Gasteiger partial charge in [0.2, 0.25) is 0 Å². The van der Waals surface area contributed by atoms with Gasteiger partial charge < -0.3 is 19.7 Å². The van der Waals surface area contributed by atoms with Crippen LogP contribution in [0.5, 0.6) is 11.5 Å². The minimum Gasteiger partial charge on any atom is -0.495 e. The van der Waals surface area contributed by atoms with E-state index in [1.165, 1.54) is 0 Å². The van der Waals surface area contributed by atoms with E-state index < -0.39 is 0 Å². The van der Waals surface area contributed by atoms with Crippen LogP contribution in [0.1, 0.15) is 11.1 Å². The Balaban J connectivity index is 1.80. The number of ether oxygens (including phenoxy) is 2. The first-order chi connectivity index (χ1) is 11.6. The van der Waals surface area contributed by atoms with Gasteiger partial charge in [-0.2, -0.15) is 0 Å². The summed E-state index contributed by atoms with van der Waals surface area (Å²) in [5.41, 5.74) is 2.65. The number of urea groups is 1. The first kappa shape index (κ1) is 16.6. The van der Waals surface area contributed by atoms with Gasteiger partial charge in [0.1, 0.15) is 18.1 Å². The van der Waals surface area contributed by atoms with Gasteiger partial charge in [0.05, 0.1) is 25.9 Å². The van der Waals surface area contributed by atoms with Crippen molar-refractivity contribution in [1.82, 2.24) is 4.90 Å². The summed E-state index contributed by atoms with van der Waals surface area (Å²) in [4.78, 5) is 14.5. The van der Waals surface area contributed by atoms with Crippen LogP contribution in [0.25, 0.3) is 0 Å². The topological polar surface area (TPSA) is 50.8 Å². The zero-order valence-electron chi connectivity index (χ0n) is 13.6. The van der Waals surface area contributed by atoms with E-state index in [1.807, 2.05) is 43.3 Å². The third-order valence-electron chi connectivity index (χ3n) is 3.98. The van der Waals surface area contributed by atoms with Gasteiger partial charge in [-0.1, -0.05) is 34.1 Å². The molecule has 2 amide bonds. The Labute approximate surface area is 149 Å². The van der Waals surface area contributed by atoms with Gasteiger partial charge in [0.25, 0.3) is 0 Å². The average molecular weight is 391 g/mol. The molecule has 1 heterocycles. The lowest BCUT2D eigenvalue weighted by atomic mass is 10.2. The van der Waals surface area contributed by atoms with Gasteiger partial charge in [-0.25, -0.2) is 4.79 Å². The van der Waals surface area contributed by atoms with E-state index in [4.69, 9.17) is 9.47 Å². The maximum atomic E-state index is 12.7. The number of hydrogen-bond acceptors (Lipinski definition) is 3. The molecular formula is C18H19BrN2O3. The Morgan fingerprint density at radius 3 is 2.96 bits per heavy atom. The number of nitrogens with zero attached hydrogens (tertiary/aromatic N) is 1. The average Bonchev–Trinajstić information content (AvgIpc) is 2.78. The number of hydrogen-bond donors (Lipinski definition) is 1. The smallest absolute Gasteiger partial charge is 0.322 e. The second-order valence-corrected chi connectivity index (χ2v) is 6.52. The number of methoxy groups -OCH3 is 1. The van der Waals surface area contributed by atoms with Gasteiger partial charge in [0.15, 0.2) is 0 Å². The van der Waals surface area contributed by atoms with E-state index in [0.717, 1.165) is 21.3 Å². The highest BCUT2D eigenvalue weighted by Crippen LogP contribution is 2.30. The molecule has 1 aliphatic heterocycles. The molecule has 2 aromatic carbocycles. The van der Waals surface area contributed by atoms with Crippen molar-refractivity contribution in [2.75, 3.05) is 25.6 Å². The number of fused-ring (bicyclic) bond motifs is 1. The summed E-state index contributed by atoms with van der Waals surface area (Å²) < 4.78 is 12.1. The molecule has 3 rings (SSSR count). The van der Waals surface area contributed by atoms with E-state index in [-0.39, 0.29) is 6.03 Å². The lowest BCUT2D eigenvalue weighted by Crippen LogP contribution is -2.36. The van der Waals surface area contributed by atoms with Crippen LogP contribution in [0.2, 0.25) is 0 Å². The molecule has 0 radical (unpaired) electrons. The van der Waals surface area contributed by atoms with Crippen LogP contribution in [0.3, 0.4) is 0 Å². The lowest BCUT2D eigenvalue weighted by Gasteiger charge is -2.22. The minimum atomic E-state index is -0.165. The number of nitrogens with one attached hydrogen (secondary N) is 1. The number of rotatable bonds is 2. The molecule has 0 fully saturated rings. The third kappa shape index (κ3) is 3.48. The van der Waals surface area contributed by atoms with Crippen molar-refractivity contribution in [2.45, 2.75) is 13.5 Å². The van der Waals surface area contributed by atoms with E-state index in [1.54, 1.807) is 12.0 Å². The number of para-hydroxylation sites is 1. The van der Waals surface area contributed by atoms with Crippen molar-refractivity contribution < 1.29 is 14.3 Å². The van der Waals surface area contributed by atoms with E-state index in [2.05, 4.69) is 21.2 Å². The molecule has 2 aromatic rings. The van der Waals surface area contributed by atoms with E-state index in [9.17, 15) is 4.79 Å². The number of carbonyl (C=O) groups is 1. The molecule has 1 aliphatic rings. The van der Waals surface area contributed by atoms with Crippen molar-refractivity contribution in [1.29, 1.82) is 0 Å². The van der Waals surface area contributed by atoms with Crippen molar-refractivity contribution in [3.63, 3.8) is 0 Å². The highest BCUT2D eigenvalue weighted by molar-refractivity contribution is 9.10. The van der Waals surface area contributed by atoms with Crippen molar-refractivity contribution in [3.8, 4) is 11.5 Å². The van der Waals surface area contributed by atoms with Gasteiger partial charge >= 0.3 is 6.03 Å². The summed E-state index contributed by atoms with van der Waals surface area (Å²) in [6.07, 6.45) is 0. The number of halogens is 1. The summed E-state index contributed by atoms with van der Waals surface area (Å²) in [5, 5.41) is 2.97. The highest BCUT2D eigenvalue weighted by Gasteiger charge is 2.21. The van der Waals surface area contributed by atoms with Gasteiger partial charge in [-0.15, -0.1) is 0 Å². The van der Waals surface area contributed by atoms with Crippen molar-refractivity contribution in [2.24, 2.45) is 0 Å². The second kappa shape index (κ2) is 7.13. The molecule has 6 heteroatoms. The zero-order chi connectivity index (χ0) is 17.1. The molecule has 0 bridgehead atoms. The lowest BCUT2D eigenvalue weighted by molar-refractivity contribution is 0.200. The summed E-state index contributed by atoms with van der Waals surface area (Å²) in [5.74, 6) is 1.46. The number of amides is 2. The molecule has 0 saturated heterocycles. The first-order valence-corrected chi connectivity index (χ1v) is 8.48. The van der Waals surface area contributed by atoms with Crippen LogP contribution in [0, 0.1) is 6.92 Å². The monoisotopic (exact) mass is 390 g/mol. The van der Waals surface area contributed by atoms with Gasteiger partial charge in [0, 0.05) is 10.0 Å². The van der Waals surface area contributed by atoms with Crippen LogP contribution in [-0.2, 0) is 6.54 Å². The molecule has 5 nitrogen and oxygen atoms in total. The van der Waals surface area contributed by atoms with Crippen molar-refractivity contribution >= 4 is 27.6 Å². The van der Waals surface area contributed by atoms with Crippen molar-refractivity contribution in [3.05, 3.63) is 52.0 Å². The van der Waals surface area contributed by atoms with E-state index in [0.29, 0.717) is 31.1 Å². The number of aryl methyl sites for hydroxylation is 1. The normalized spacial score (nSPS) is 13.5. The Bertz CT molecular complexity index is 764. The Morgan fingerprint density at radius 2 is 2.17 bits per heavy atom. The zero-order valence-corrected chi connectivity index (χ0v) is 15.2. The predicted octanol–water partition coefficient (Wildman–Crippen LogP) is 4.19. The van der Waals surface area contributed by atoms with Crippen LogP contribution in [0.4, 0.5) is 10.5 Å². The summed E-state index contributed by atoms with van der Waals surface area (Å²) in [6, 6.07) is 11.4. The number of anilines is 1. The minimum absolute atomic E-state index is 0.165. The van der Waals surface area contributed by atoms with Crippen LogP contribution in [-0.4, -0.2) is 31.2 Å². The fourth-order valence-corrected chi connectivity index (χ4v) is 3.01. The molecule has 0 aliphatic carbocycles. The van der Waals surface area contributed by atoms with Crippen LogP contribution >= 0.6 is 15.9 Å². The third-order valence-corrected chi connectivity index (χ3v) is 4.48. The molecule has 24 heavy (non-hydrogen) atoms. The van der Waals surface area contributed by atoms with Crippen LogP contribution in [0.15, 0.2) is 40.9 Å². The fourth-order valence-electron chi connectivity index (χ4n) is 2.67. The molecule has 0 unspecified atom stereocenters. The summed E-state index contributed by atoms with van der Waals surface area (Å²) >= 11 is 3.44. The highest BCUT2D eigenvalue weighted by atomic mass is 79.9. The maximum Gasteiger partial charge on any atom is 0.322 e. The predicted molar refractivity (Wildman–Crippen MR) is 96.8 cm³/mol. The quantitative estimate of drug-likeness (QED) is 0.835. The summed E-state index contributed by atoms with van der Waals surface area (Å²) in [6.45, 7) is 3.42. The fraction of sp³-hybridized carbons (Fsp3) is 0.278. The summed E-state index contributed by atoms with van der Waals surface area (Å²) in [7, 11) is 1.60. The molecule has 1 N–H and O–H groups in total. The second-order valence-electron chi connectivity index (χ2n) is 5.60. The molecule has 0 spiro atoms. The first-order valence-electron chi connectivity index (χ1n) is 7.69. The molecule has 126 valence electrons. The molecule has 0 saturated carbocycles. The number of carbonyl (C=O) groups excluding carboxylic acids is 1. The Morgan fingerprint density at radius 1 is 1.33 bits per heavy atom. The Hall–Kier alpha value is -2.21. The maximum absolute atomic E-state index is 12.7. The van der Waals surface area contributed by atoms with Crippen LogP contribution < -0.4 is 14.8 Å². The van der Waals surface area contributed by atoms with E-state index >= 15 is 0 Å². The largest absolute Gasteiger partial charge is 0.495 e. The SMILES string of the molecule is COc1cccc(C)c1NC(=O)N1CCOc2cc(Br)ccc2C1. The van der Waals surface area contributed by atoms with Gasteiger partial charge in [-0.3, -0.25) is 0 Å². The Kier molecular flexibility index (Phi) is 4.94. The standard InChI is InChI=1S/C18H19BrN2O3/c1-12-4-3-5-15(23-2)17(12)20-18(22)21-8-9-24-16-10-14(19)7-6-13(16)11-21/h3-7,10H,8-9,11H2,1-2H3,(H,20,22). The van der Waals surface area contributed by atoms with Gasteiger partial charge in [-0.05, 0) is 30.7 Å².